The van der Waals surface area contributed by atoms with Crippen molar-refractivity contribution < 1.29 is 14.3 Å². The summed E-state index contributed by atoms with van der Waals surface area (Å²) in [5, 5.41) is 0. The monoisotopic (exact) mass is 307 g/mol. The van der Waals surface area contributed by atoms with Crippen LogP contribution in [0.25, 0.3) is 0 Å². The van der Waals surface area contributed by atoms with Crippen molar-refractivity contribution in [2.24, 2.45) is 5.92 Å². The first kappa shape index (κ1) is 15.1. The van der Waals surface area contributed by atoms with E-state index in [1.54, 1.807) is 30.5 Å². The van der Waals surface area contributed by atoms with Crippen LogP contribution in [0.3, 0.4) is 0 Å². The first-order valence-corrected chi connectivity index (χ1v) is 7.54. The van der Waals surface area contributed by atoms with Crippen LogP contribution < -0.4 is 4.74 Å². The molecule has 116 valence electrons. The molecule has 4 nitrogen and oxygen atoms in total. The predicted molar refractivity (Wildman–Crippen MR) is 86.2 cm³/mol. The second kappa shape index (κ2) is 6.97. The van der Waals surface area contributed by atoms with E-state index < -0.39 is 0 Å². The lowest BCUT2D eigenvalue weighted by molar-refractivity contribution is 0.0600. The van der Waals surface area contributed by atoms with E-state index in [-0.39, 0.29) is 5.97 Å². The van der Waals surface area contributed by atoms with E-state index in [1.807, 2.05) is 12.1 Å². The third kappa shape index (κ3) is 4.10. The minimum atomic E-state index is -0.356. The van der Waals surface area contributed by atoms with Crippen molar-refractivity contribution >= 4 is 5.97 Å². The number of aromatic nitrogens is 1. The zero-order valence-electron chi connectivity index (χ0n) is 12.9. The van der Waals surface area contributed by atoms with E-state index >= 15 is 0 Å². The number of methoxy groups -OCH3 is 1. The van der Waals surface area contributed by atoms with Crippen LogP contribution in [0.4, 0.5) is 0 Å². The first-order chi connectivity index (χ1) is 11.3. The number of rotatable bonds is 4. The van der Waals surface area contributed by atoms with Gasteiger partial charge in [-0.15, -0.1) is 0 Å². The average Bonchev–Trinajstić information content (AvgIpc) is 3.43. The van der Waals surface area contributed by atoms with Crippen LogP contribution in [0, 0.1) is 17.8 Å². The number of nitrogens with zero attached hydrogens (tertiary/aromatic N) is 1. The molecule has 0 unspecified atom stereocenters. The number of ether oxygens (including phenoxy) is 2. The van der Waals surface area contributed by atoms with E-state index in [4.69, 9.17) is 4.74 Å². The van der Waals surface area contributed by atoms with Gasteiger partial charge in [0.2, 0.25) is 0 Å². The van der Waals surface area contributed by atoms with Crippen LogP contribution in [-0.4, -0.2) is 24.7 Å². The van der Waals surface area contributed by atoms with Crippen molar-refractivity contribution in [1.82, 2.24) is 4.98 Å². The number of carbonyl (C=O) groups is 1. The summed E-state index contributed by atoms with van der Waals surface area (Å²) in [5.41, 5.74) is 1.94. The topological polar surface area (TPSA) is 48.4 Å². The molecule has 1 aromatic carbocycles. The van der Waals surface area contributed by atoms with E-state index in [0.29, 0.717) is 17.2 Å². The molecule has 1 aromatic heterocycles. The summed E-state index contributed by atoms with van der Waals surface area (Å²) in [7, 11) is 1.36. The van der Waals surface area contributed by atoms with Crippen molar-refractivity contribution in [3.05, 3.63) is 59.4 Å². The van der Waals surface area contributed by atoms with Crippen LogP contribution in [0.15, 0.2) is 42.6 Å². The SMILES string of the molecule is COC(=O)c1ccc(C#Cc2ncccc2OCC2CC2)cc1. The molecule has 1 aliphatic rings. The third-order valence-electron chi connectivity index (χ3n) is 3.57. The van der Waals surface area contributed by atoms with Gasteiger partial charge in [-0.3, -0.25) is 0 Å². The number of esters is 1. The minimum absolute atomic E-state index is 0.356. The molecule has 1 saturated carbocycles. The fraction of sp³-hybridized carbons (Fsp3) is 0.263. The second-order valence-corrected chi connectivity index (χ2v) is 5.42. The Morgan fingerprint density at radius 2 is 2.00 bits per heavy atom. The number of carbonyl (C=O) groups excluding carboxylic acids is 1. The van der Waals surface area contributed by atoms with E-state index in [1.165, 1.54) is 20.0 Å². The number of benzene rings is 1. The molecule has 0 aliphatic heterocycles. The molecular formula is C19H17NO3. The highest BCUT2D eigenvalue weighted by Gasteiger charge is 2.22. The number of hydrogen-bond acceptors (Lipinski definition) is 4. The fourth-order valence-electron chi connectivity index (χ4n) is 2.03. The highest BCUT2D eigenvalue weighted by molar-refractivity contribution is 5.89. The minimum Gasteiger partial charge on any atom is -0.490 e. The van der Waals surface area contributed by atoms with Gasteiger partial charge in [0.1, 0.15) is 0 Å². The first-order valence-electron chi connectivity index (χ1n) is 7.54. The lowest BCUT2D eigenvalue weighted by Crippen LogP contribution is -2.01. The number of hydrogen-bond donors (Lipinski definition) is 0. The molecule has 0 N–H and O–H groups in total. The number of pyridine rings is 1. The molecule has 23 heavy (non-hydrogen) atoms. The maximum Gasteiger partial charge on any atom is 0.337 e. The van der Waals surface area contributed by atoms with Gasteiger partial charge in [0.15, 0.2) is 11.4 Å². The summed E-state index contributed by atoms with van der Waals surface area (Å²) in [5.74, 6) is 7.12. The molecular weight excluding hydrogens is 290 g/mol. The normalized spacial score (nSPS) is 12.9. The molecule has 1 fully saturated rings. The highest BCUT2D eigenvalue weighted by Crippen LogP contribution is 2.29. The van der Waals surface area contributed by atoms with E-state index in [9.17, 15) is 4.79 Å². The lowest BCUT2D eigenvalue weighted by Gasteiger charge is -2.05. The summed E-state index contributed by atoms with van der Waals surface area (Å²) in [4.78, 5) is 15.7. The molecule has 0 bridgehead atoms. The van der Waals surface area contributed by atoms with Crippen LogP contribution in [0.5, 0.6) is 5.75 Å². The Morgan fingerprint density at radius 1 is 1.22 bits per heavy atom. The molecule has 0 atom stereocenters. The van der Waals surface area contributed by atoms with Gasteiger partial charge < -0.3 is 9.47 Å². The molecule has 1 heterocycles. The molecule has 4 heteroatoms. The summed E-state index contributed by atoms with van der Waals surface area (Å²) >= 11 is 0. The predicted octanol–water partition coefficient (Wildman–Crippen LogP) is 3.06. The Hall–Kier alpha value is -2.80. The molecule has 0 spiro atoms. The smallest absolute Gasteiger partial charge is 0.337 e. The van der Waals surface area contributed by atoms with Gasteiger partial charge >= 0.3 is 5.97 Å². The maximum atomic E-state index is 11.4. The van der Waals surface area contributed by atoms with Crippen molar-refractivity contribution in [2.45, 2.75) is 12.8 Å². The maximum absolute atomic E-state index is 11.4. The van der Waals surface area contributed by atoms with Gasteiger partial charge in [0, 0.05) is 11.8 Å². The molecule has 1 aliphatic carbocycles. The van der Waals surface area contributed by atoms with Crippen molar-refractivity contribution in [1.29, 1.82) is 0 Å². The van der Waals surface area contributed by atoms with Crippen molar-refractivity contribution in [3.63, 3.8) is 0 Å². The summed E-state index contributed by atoms with van der Waals surface area (Å²) in [6, 6.07) is 10.7. The summed E-state index contributed by atoms with van der Waals surface area (Å²) in [6.07, 6.45) is 4.19. The summed E-state index contributed by atoms with van der Waals surface area (Å²) < 4.78 is 10.5. The Kier molecular flexibility index (Phi) is 4.58. The zero-order chi connectivity index (χ0) is 16.1. The van der Waals surface area contributed by atoms with Crippen LogP contribution in [0.2, 0.25) is 0 Å². The van der Waals surface area contributed by atoms with Gasteiger partial charge in [-0.05, 0) is 61.1 Å². The standard InChI is InChI=1S/C19H17NO3/c1-22-19(21)16-9-6-14(7-10-16)8-11-17-18(3-2-12-20-17)23-13-15-4-5-15/h2-3,6-7,9-10,12,15H,4-5,13H2,1H3. The van der Waals surface area contributed by atoms with Gasteiger partial charge in [0.05, 0.1) is 19.3 Å². The van der Waals surface area contributed by atoms with Crippen LogP contribution >= 0.6 is 0 Å². The quantitative estimate of drug-likeness (QED) is 0.643. The average molecular weight is 307 g/mol. The lowest BCUT2D eigenvalue weighted by atomic mass is 10.1. The van der Waals surface area contributed by atoms with Crippen molar-refractivity contribution in [2.75, 3.05) is 13.7 Å². The zero-order valence-corrected chi connectivity index (χ0v) is 12.9. The van der Waals surface area contributed by atoms with Crippen LogP contribution in [0.1, 0.15) is 34.5 Å². The summed E-state index contributed by atoms with van der Waals surface area (Å²) in [6.45, 7) is 0.730. The van der Waals surface area contributed by atoms with Crippen LogP contribution in [-0.2, 0) is 4.74 Å². The molecule has 0 saturated heterocycles. The Morgan fingerprint density at radius 3 is 2.70 bits per heavy atom. The Bertz CT molecular complexity index is 752. The van der Waals surface area contributed by atoms with E-state index in [2.05, 4.69) is 21.6 Å². The van der Waals surface area contributed by atoms with Gasteiger partial charge in [-0.2, -0.15) is 0 Å². The molecule has 0 radical (unpaired) electrons. The largest absolute Gasteiger partial charge is 0.490 e. The Labute approximate surface area is 135 Å². The molecule has 3 rings (SSSR count). The fourth-order valence-corrected chi connectivity index (χ4v) is 2.03. The van der Waals surface area contributed by atoms with Gasteiger partial charge in [-0.1, -0.05) is 5.92 Å². The molecule has 2 aromatic rings. The van der Waals surface area contributed by atoms with E-state index in [0.717, 1.165) is 17.9 Å². The van der Waals surface area contributed by atoms with Gasteiger partial charge in [0.25, 0.3) is 0 Å². The molecule has 0 amide bonds. The van der Waals surface area contributed by atoms with Crippen molar-refractivity contribution in [3.8, 4) is 17.6 Å². The van der Waals surface area contributed by atoms with Gasteiger partial charge in [-0.25, -0.2) is 9.78 Å². The second-order valence-electron chi connectivity index (χ2n) is 5.42. The third-order valence-corrected chi connectivity index (χ3v) is 3.57. The highest BCUT2D eigenvalue weighted by atomic mass is 16.5. The Balaban J connectivity index is 1.74.